The first kappa shape index (κ1) is 20.1. The summed E-state index contributed by atoms with van der Waals surface area (Å²) < 4.78 is 12.4. The summed E-state index contributed by atoms with van der Waals surface area (Å²) in [5.41, 5.74) is 1.74. The summed E-state index contributed by atoms with van der Waals surface area (Å²) in [5, 5.41) is 9.52. The van der Waals surface area contributed by atoms with Gasteiger partial charge in [-0.2, -0.15) is 0 Å². The van der Waals surface area contributed by atoms with Crippen molar-refractivity contribution in [2.24, 2.45) is 0 Å². The molecule has 3 aromatic rings. The lowest BCUT2D eigenvalue weighted by molar-refractivity contribution is 0.0661. The number of carboxylic acids is 1. The van der Waals surface area contributed by atoms with Gasteiger partial charge in [-0.3, -0.25) is 0 Å². The van der Waals surface area contributed by atoms with Gasteiger partial charge in [0.15, 0.2) is 9.76 Å². The van der Waals surface area contributed by atoms with Crippen molar-refractivity contribution >= 4 is 15.7 Å². The van der Waals surface area contributed by atoms with E-state index >= 15 is 0 Å². The summed E-state index contributed by atoms with van der Waals surface area (Å²) >= 11 is 0. The van der Waals surface area contributed by atoms with Crippen molar-refractivity contribution in [2.75, 3.05) is 0 Å². The summed E-state index contributed by atoms with van der Waals surface area (Å²) in [6.07, 6.45) is 0. The number of aryl methyl sites for hydroxylation is 1. The van der Waals surface area contributed by atoms with E-state index in [9.17, 15) is 9.90 Å². The zero-order chi connectivity index (χ0) is 20.4. The van der Waals surface area contributed by atoms with E-state index in [1.807, 2.05) is 60.7 Å². The average Bonchev–Trinajstić information content (AvgIpc) is 3.06. The van der Waals surface area contributed by atoms with Crippen LogP contribution in [0.2, 0.25) is 5.04 Å². The average molecular weight is 395 g/mol. The molecule has 0 saturated carbocycles. The number of rotatable bonds is 6. The van der Waals surface area contributed by atoms with Crippen LogP contribution in [0, 0.1) is 6.92 Å². The maximum absolute atomic E-state index is 11.6. The molecule has 0 amide bonds. The monoisotopic (exact) mass is 394 g/mol. The third-order valence-corrected chi connectivity index (χ3v) is 6.03. The molecule has 0 atom stereocenters. The number of hydrogen-bond acceptors (Lipinski definition) is 3. The molecule has 2 aromatic carbocycles. The quantitative estimate of drug-likeness (QED) is 0.604. The molecule has 1 aromatic heterocycles. The molecule has 0 bridgehead atoms. The highest BCUT2D eigenvalue weighted by atomic mass is 28.2. The Labute approximate surface area is 168 Å². The molecule has 0 aliphatic carbocycles. The number of aromatic carboxylic acids is 1. The topological polar surface area (TPSA) is 59.7 Å². The van der Waals surface area contributed by atoms with Gasteiger partial charge in [0.2, 0.25) is 5.76 Å². The van der Waals surface area contributed by atoms with Gasteiger partial charge < -0.3 is 13.9 Å². The van der Waals surface area contributed by atoms with Crippen molar-refractivity contribution in [1.29, 1.82) is 0 Å². The van der Waals surface area contributed by atoms with E-state index in [1.54, 1.807) is 13.0 Å². The van der Waals surface area contributed by atoms with Crippen molar-refractivity contribution < 1.29 is 18.7 Å². The number of carbonyl (C=O) groups is 1. The Bertz CT molecular complexity index is 900. The van der Waals surface area contributed by atoms with Crippen LogP contribution in [-0.2, 0) is 10.0 Å². The van der Waals surface area contributed by atoms with Gasteiger partial charge in [0.1, 0.15) is 11.4 Å². The summed E-state index contributed by atoms with van der Waals surface area (Å²) in [4.78, 5) is 11.6. The van der Waals surface area contributed by atoms with Crippen LogP contribution in [0.3, 0.4) is 0 Å². The summed E-state index contributed by atoms with van der Waals surface area (Å²) in [6, 6.07) is 21.5. The normalized spacial score (nSPS) is 12.6. The molecule has 0 radical (unpaired) electrons. The third kappa shape index (κ3) is 3.95. The van der Waals surface area contributed by atoms with E-state index in [1.165, 1.54) is 0 Å². The van der Waals surface area contributed by atoms with Gasteiger partial charge in [-0.1, -0.05) is 81.4 Å². The molecule has 1 N–H and O–H groups in total. The zero-order valence-corrected chi connectivity index (χ0v) is 18.1. The molecule has 0 spiro atoms. The van der Waals surface area contributed by atoms with Gasteiger partial charge in [0, 0.05) is 5.56 Å². The third-order valence-electron chi connectivity index (χ3n) is 4.59. The van der Waals surface area contributed by atoms with Gasteiger partial charge in [0.05, 0.1) is 0 Å². The molecule has 0 unspecified atom stereocenters. The second kappa shape index (κ2) is 7.77. The minimum absolute atomic E-state index is 0.0576. The molecule has 0 aliphatic heterocycles. The van der Waals surface area contributed by atoms with Crippen molar-refractivity contribution in [1.82, 2.24) is 0 Å². The van der Waals surface area contributed by atoms with E-state index in [0.717, 1.165) is 16.7 Å². The van der Waals surface area contributed by atoms with Gasteiger partial charge in [-0.15, -0.1) is 0 Å². The fourth-order valence-electron chi connectivity index (χ4n) is 3.33. The molecule has 4 nitrogen and oxygen atoms in total. The molecular weight excluding hydrogens is 368 g/mol. The second-order valence-electron chi connectivity index (χ2n) is 8.15. The Kier molecular flexibility index (Phi) is 5.58. The molecule has 146 valence electrons. The smallest absolute Gasteiger partial charge is 0.371 e. The van der Waals surface area contributed by atoms with Crippen LogP contribution in [0.4, 0.5) is 0 Å². The maximum atomic E-state index is 11.6. The van der Waals surface area contributed by atoms with E-state index < -0.39 is 21.3 Å². The lowest BCUT2D eigenvalue weighted by Crippen LogP contribution is -2.36. The molecule has 0 aliphatic rings. The van der Waals surface area contributed by atoms with Gasteiger partial charge in [-0.25, -0.2) is 4.79 Å². The number of hydrogen-bond donors (Lipinski definition) is 1. The number of furan rings is 1. The summed E-state index contributed by atoms with van der Waals surface area (Å²) in [6.45, 7) is 8.31. The number of carboxylic acid groups (broad SMARTS) is 1. The minimum atomic E-state index is -1.09. The Morgan fingerprint density at radius 1 is 0.964 bits per heavy atom. The molecule has 3 rings (SSSR count). The molecule has 28 heavy (non-hydrogen) atoms. The Morgan fingerprint density at radius 2 is 1.46 bits per heavy atom. The van der Waals surface area contributed by atoms with Gasteiger partial charge in [-0.05, 0) is 29.2 Å². The second-order valence-corrected chi connectivity index (χ2v) is 10.8. The van der Waals surface area contributed by atoms with Crippen LogP contribution < -0.4 is 0 Å². The highest BCUT2D eigenvalue weighted by molar-refractivity contribution is 6.32. The highest BCUT2D eigenvalue weighted by Crippen LogP contribution is 2.44. The van der Waals surface area contributed by atoms with Crippen LogP contribution >= 0.6 is 0 Å². The van der Waals surface area contributed by atoms with Crippen LogP contribution in [0.25, 0.3) is 0 Å². The van der Waals surface area contributed by atoms with Crippen LogP contribution in [-0.4, -0.2) is 20.8 Å². The van der Waals surface area contributed by atoms with Crippen molar-refractivity contribution in [3.63, 3.8) is 0 Å². The largest absolute Gasteiger partial charge is 0.475 e. The van der Waals surface area contributed by atoms with E-state index in [4.69, 9.17) is 8.84 Å². The zero-order valence-electron chi connectivity index (χ0n) is 16.7. The van der Waals surface area contributed by atoms with Crippen LogP contribution in [0.1, 0.15) is 53.8 Å². The molecular formula is C23H26O4Si. The Hall–Kier alpha value is -2.63. The molecule has 0 fully saturated rings. The van der Waals surface area contributed by atoms with E-state index in [2.05, 4.69) is 20.8 Å². The fourth-order valence-corrected chi connectivity index (χ4v) is 4.47. The fraction of sp³-hybridized carbons (Fsp3) is 0.261. The first-order valence-corrected chi connectivity index (χ1v) is 10.6. The van der Waals surface area contributed by atoms with Crippen molar-refractivity contribution in [3.05, 3.63) is 94.9 Å². The first-order valence-electron chi connectivity index (χ1n) is 9.33. The predicted octanol–water partition coefficient (Wildman–Crippen LogP) is 4.90. The SMILES string of the molecule is Cc1oc(C(=O)O)cc1C(O[SiH2]C(C)(C)C)(c1ccccc1)c1ccccc1. The molecule has 1 heterocycles. The highest BCUT2D eigenvalue weighted by Gasteiger charge is 2.41. The molecule has 0 saturated heterocycles. The lowest BCUT2D eigenvalue weighted by atomic mass is 9.80. The van der Waals surface area contributed by atoms with Gasteiger partial charge in [0.25, 0.3) is 0 Å². The van der Waals surface area contributed by atoms with Crippen molar-refractivity contribution in [2.45, 2.75) is 38.3 Å². The van der Waals surface area contributed by atoms with Crippen LogP contribution in [0.5, 0.6) is 0 Å². The van der Waals surface area contributed by atoms with E-state index in [0.29, 0.717) is 5.76 Å². The Morgan fingerprint density at radius 3 is 1.86 bits per heavy atom. The van der Waals surface area contributed by atoms with Crippen molar-refractivity contribution in [3.8, 4) is 0 Å². The van der Waals surface area contributed by atoms with Gasteiger partial charge >= 0.3 is 5.97 Å². The standard InChI is InChI=1S/C23H26O4Si/c1-16-19(15-20(26-16)21(24)25)23(27-28-22(2,3)4,17-11-7-5-8-12-17)18-13-9-6-10-14-18/h5-15H,28H2,1-4H3,(H,24,25). The lowest BCUT2D eigenvalue weighted by Gasteiger charge is -2.37. The maximum Gasteiger partial charge on any atom is 0.371 e. The number of benzene rings is 2. The minimum Gasteiger partial charge on any atom is -0.475 e. The molecule has 5 heteroatoms. The van der Waals surface area contributed by atoms with Crippen LogP contribution in [0.15, 0.2) is 71.1 Å². The summed E-state index contributed by atoms with van der Waals surface area (Å²) in [5.74, 6) is -0.616. The van der Waals surface area contributed by atoms with E-state index in [-0.39, 0.29) is 10.8 Å². The first-order chi connectivity index (χ1) is 13.2. The Balaban J connectivity index is 2.31. The predicted molar refractivity (Wildman–Crippen MR) is 113 cm³/mol. The summed E-state index contributed by atoms with van der Waals surface area (Å²) in [7, 11) is -1.00.